The van der Waals surface area contributed by atoms with Crippen molar-refractivity contribution in [2.24, 2.45) is 0 Å². The fourth-order valence-corrected chi connectivity index (χ4v) is 3.19. The van der Waals surface area contributed by atoms with Crippen LogP contribution in [0.5, 0.6) is 0 Å². The van der Waals surface area contributed by atoms with Gasteiger partial charge >= 0.3 is 0 Å². The Morgan fingerprint density at radius 1 is 1.40 bits per heavy atom. The van der Waals surface area contributed by atoms with Crippen molar-refractivity contribution in [3.05, 3.63) is 34.9 Å². The molecule has 1 heterocycles. The minimum absolute atomic E-state index is 0.277. The van der Waals surface area contributed by atoms with Gasteiger partial charge in [-0.25, -0.2) is 0 Å². The maximum absolute atomic E-state index is 11.5. The lowest BCUT2D eigenvalue weighted by molar-refractivity contribution is 0.570. The van der Waals surface area contributed by atoms with Gasteiger partial charge in [0.25, 0.3) is 0 Å². The molecule has 15 heavy (non-hydrogen) atoms. The highest BCUT2D eigenvalue weighted by Crippen LogP contribution is 2.21. The Kier molecular flexibility index (Phi) is 3.22. The van der Waals surface area contributed by atoms with E-state index in [1.54, 1.807) is 0 Å². The van der Waals surface area contributed by atoms with E-state index in [1.807, 2.05) is 0 Å². The average molecular weight is 223 g/mol. The minimum atomic E-state index is -0.648. The first kappa shape index (κ1) is 10.8. The van der Waals surface area contributed by atoms with Gasteiger partial charge in [0.2, 0.25) is 0 Å². The molecule has 1 aliphatic rings. The molecule has 1 aliphatic heterocycles. The summed E-state index contributed by atoms with van der Waals surface area (Å²) in [6.45, 7) is 5.08. The third kappa shape index (κ3) is 2.47. The molecule has 0 radical (unpaired) electrons. The molecule has 0 bridgehead atoms. The molecule has 1 N–H and O–H groups in total. The van der Waals surface area contributed by atoms with E-state index in [0.717, 1.165) is 18.1 Å². The zero-order chi connectivity index (χ0) is 10.8. The number of nitrogens with one attached hydrogen (secondary N) is 1. The van der Waals surface area contributed by atoms with E-state index in [1.165, 1.54) is 16.7 Å². The van der Waals surface area contributed by atoms with Crippen molar-refractivity contribution in [1.29, 1.82) is 0 Å². The average Bonchev–Trinajstić information content (AvgIpc) is 2.22. The van der Waals surface area contributed by atoms with Gasteiger partial charge in [-0.15, -0.1) is 0 Å². The summed E-state index contributed by atoms with van der Waals surface area (Å²) in [5.74, 6) is 1.55. The molecule has 2 nitrogen and oxygen atoms in total. The van der Waals surface area contributed by atoms with Crippen LogP contribution in [0.15, 0.2) is 18.2 Å². The Morgan fingerprint density at radius 3 is 2.93 bits per heavy atom. The Labute approximate surface area is 93.5 Å². The second-order valence-electron chi connectivity index (χ2n) is 4.18. The van der Waals surface area contributed by atoms with Crippen molar-refractivity contribution in [3.8, 4) is 0 Å². The zero-order valence-electron chi connectivity index (χ0n) is 9.25. The molecule has 3 heteroatoms. The fourth-order valence-electron chi connectivity index (χ4n) is 2.01. The first-order chi connectivity index (χ1) is 7.16. The zero-order valence-corrected chi connectivity index (χ0v) is 10.1. The maximum Gasteiger partial charge on any atom is 0.0439 e. The smallest absolute Gasteiger partial charge is 0.0439 e. The monoisotopic (exact) mass is 223 g/mol. The van der Waals surface area contributed by atoms with Crippen LogP contribution in [-0.2, 0) is 10.8 Å². The number of aryl methyl sites for hydroxylation is 2. The Bertz CT molecular complexity index is 389. The second kappa shape index (κ2) is 4.45. The predicted molar refractivity (Wildman–Crippen MR) is 64.5 cm³/mol. The number of hydrogen-bond acceptors (Lipinski definition) is 2. The quantitative estimate of drug-likeness (QED) is 0.785. The largest absolute Gasteiger partial charge is 0.308 e. The highest BCUT2D eigenvalue weighted by Gasteiger charge is 2.20. The molecule has 0 spiro atoms. The summed E-state index contributed by atoms with van der Waals surface area (Å²) >= 11 is 0. The molecule has 1 fully saturated rings. The first-order valence-electron chi connectivity index (χ1n) is 5.32. The minimum Gasteiger partial charge on any atom is -0.308 e. The molecule has 82 valence electrons. The fraction of sp³-hybridized carbons (Fsp3) is 0.500. The van der Waals surface area contributed by atoms with Gasteiger partial charge in [-0.3, -0.25) is 4.21 Å². The third-order valence-corrected chi connectivity index (χ3v) is 4.25. The van der Waals surface area contributed by atoms with Crippen LogP contribution in [0.4, 0.5) is 0 Å². The lowest BCUT2D eigenvalue weighted by Gasteiger charge is -2.25. The number of rotatable bonds is 1. The summed E-state index contributed by atoms with van der Waals surface area (Å²) in [6.07, 6.45) is 0. The molecular weight excluding hydrogens is 206 g/mol. The van der Waals surface area contributed by atoms with Crippen molar-refractivity contribution < 1.29 is 4.21 Å². The summed E-state index contributed by atoms with van der Waals surface area (Å²) in [7, 11) is -0.648. The van der Waals surface area contributed by atoms with E-state index in [9.17, 15) is 4.21 Å². The van der Waals surface area contributed by atoms with E-state index < -0.39 is 10.8 Å². The topological polar surface area (TPSA) is 29.1 Å². The molecule has 1 aromatic rings. The van der Waals surface area contributed by atoms with Crippen LogP contribution in [0.1, 0.15) is 22.7 Å². The van der Waals surface area contributed by atoms with Gasteiger partial charge in [-0.2, -0.15) is 0 Å². The first-order valence-corrected chi connectivity index (χ1v) is 6.81. The molecule has 0 saturated carbocycles. The predicted octanol–water partition coefficient (Wildman–Crippen LogP) is 1.70. The highest BCUT2D eigenvalue weighted by atomic mass is 32.2. The van der Waals surface area contributed by atoms with Gasteiger partial charge < -0.3 is 5.32 Å². The van der Waals surface area contributed by atoms with Crippen molar-refractivity contribution >= 4 is 10.8 Å². The van der Waals surface area contributed by atoms with Crippen molar-refractivity contribution in [3.63, 3.8) is 0 Å². The molecule has 0 aliphatic carbocycles. The molecular formula is C12H17NOS. The summed E-state index contributed by atoms with van der Waals surface area (Å²) in [4.78, 5) is 0. The van der Waals surface area contributed by atoms with Gasteiger partial charge in [0.15, 0.2) is 0 Å². The lowest BCUT2D eigenvalue weighted by atomic mass is 10.00. The maximum atomic E-state index is 11.5. The van der Waals surface area contributed by atoms with Crippen LogP contribution in [0.2, 0.25) is 0 Å². The molecule has 2 unspecified atom stereocenters. The van der Waals surface area contributed by atoms with Crippen molar-refractivity contribution in [1.82, 2.24) is 5.32 Å². The molecule has 1 saturated heterocycles. The molecule has 0 amide bonds. The third-order valence-electron chi connectivity index (χ3n) is 2.88. The van der Waals surface area contributed by atoms with E-state index in [0.29, 0.717) is 0 Å². The number of benzene rings is 1. The molecule has 2 rings (SSSR count). The normalized spacial score (nSPS) is 26.5. The molecule has 2 atom stereocenters. The van der Waals surface area contributed by atoms with Crippen LogP contribution < -0.4 is 5.32 Å². The summed E-state index contributed by atoms with van der Waals surface area (Å²) in [5, 5.41) is 3.44. The molecule has 1 aromatic carbocycles. The summed E-state index contributed by atoms with van der Waals surface area (Å²) < 4.78 is 11.5. The standard InChI is InChI=1S/C12H17NOS/c1-9-3-4-10(2)11(7-9)12-8-15(14)6-5-13-12/h3-4,7,12-13H,5-6,8H2,1-2H3. The SMILES string of the molecule is Cc1ccc(C)c(C2CS(=O)CCN2)c1. The van der Waals surface area contributed by atoms with Gasteiger partial charge in [-0.05, 0) is 25.0 Å². The summed E-state index contributed by atoms with van der Waals surface area (Å²) in [5.41, 5.74) is 3.87. The van der Waals surface area contributed by atoms with Crippen molar-refractivity contribution in [2.75, 3.05) is 18.1 Å². The van der Waals surface area contributed by atoms with E-state index in [-0.39, 0.29) is 6.04 Å². The van der Waals surface area contributed by atoms with Crippen LogP contribution in [-0.4, -0.2) is 22.3 Å². The van der Waals surface area contributed by atoms with E-state index in [2.05, 4.69) is 37.4 Å². The Balaban J connectivity index is 2.27. The van der Waals surface area contributed by atoms with Gasteiger partial charge in [0, 0.05) is 34.9 Å². The van der Waals surface area contributed by atoms with Crippen LogP contribution in [0.3, 0.4) is 0 Å². The van der Waals surface area contributed by atoms with Gasteiger partial charge in [0.1, 0.15) is 0 Å². The Morgan fingerprint density at radius 2 is 2.20 bits per heavy atom. The van der Waals surface area contributed by atoms with E-state index in [4.69, 9.17) is 0 Å². The number of hydrogen-bond donors (Lipinski definition) is 1. The second-order valence-corrected chi connectivity index (χ2v) is 5.80. The Hall–Kier alpha value is -0.670. The van der Waals surface area contributed by atoms with E-state index >= 15 is 0 Å². The molecule has 0 aromatic heterocycles. The lowest BCUT2D eigenvalue weighted by Crippen LogP contribution is -2.36. The van der Waals surface area contributed by atoms with Crippen LogP contribution in [0, 0.1) is 13.8 Å². The van der Waals surface area contributed by atoms with Crippen LogP contribution in [0.25, 0.3) is 0 Å². The van der Waals surface area contributed by atoms with Crippen molar-refractivity contribution in [2.45, 2.75) is 19.9 Å². The summed E-state index contributed by atoms with van der Waals surface area (Å²) in [6, 6.07) is 6.75. The van der Waals surface area contributed by atoms with Gasteiger partial charge in [-0.1, -0.05) is 23.8 Å². The highest BCUT2D eigenvalue weighted by molar-refractivity contribution is 7.85. The van der Waals surface area contributed by atoms with Crippen LogP contribution >= 0.6 is 0 Å². The van der Waals surface area contributed by atoms with Gasteiger partial charge in [0.05, 0.1) is 0 Å².